The molecule has 6 heteroatoms. The predicted octanol–water partition coefficient (Wildman–Crippen LogP) is 2.30. The number of hydrogen-bond donors (Lipinski definition) is 1. The van der Waals surface area contributed by atoms with Gasteiger partial charge in [-0.05, 0) is 41.5 Å². The molecular weight excluding hydrogens is 264 g/mol. The summed E-state index contributed by atoms with van der Waals surface area (Å²) in [6, 6.07) is 0.306. The van der Waals surface area contributed by atoms with Gasteiger partial charge in [0, 0.05) is 29.4 Å². The van der Waals surface area contributed by atoms with E-state index in [0.717, 1.165) is 12.4 Å². The highest BCUT2D eigenvalue weighted by atomic mass is 15.4. The topological polar surface area (TPSA) is 60.6 Å². The molecule has 0 amide bonds. The fraction of sp³-hybridized carbons (Fsp3) is 0.667. The SMILES string of the molecule is Cc1c(CNC(C)(C)C)cnn1Cc1ncnn1C(C)C. The van der Waals surface area contributed by atoms with E-state index in [2.05, 4.69) is 62.0 Å². The first-order chi connectivity index (χ1) is 9.78. The maximum absolute atomic E-state index is 4.49. The van der Waals surface area contributed by atoms with Crippen LogP contribution in [0.25, 0.3) is 0 Å². The van der Waals surface area contributed by atoms with E-state index in [1.54, 1.807) is 6.33 Å². The Hall–Kier alpha value is -1.69. The minimum atomic E-state index is 0.104. The summed E-state index contributed by atoms with van der Waals surface area (Å²) in [6.07, 6.45) is 3.54. The van der Waals surface area contributed by atoms with E-state index in [1.165, 1.54) is 11.3 Å². The Morgan fingerprint density at radius 1 is 1.24 bits per heavy atom. The van der Waals surface area contributed by atoms with E-state index in [9.17, 15) is 0 Å². The lowest BCUT2D eigenvalue weighted by Gasteiger charge is -2.20. The maximum atomic E-state index is 4.49. The minimum Gasteiger partial charge on any atom is -0.308 e. The van der Waals surface area contributed by atoms with Crippen LogP contribution in [0.5, 0.6) is 0 Å². The highest BCUT2D eigenvalue weighted by Gasteiger charge is 2.14. The van der Waals surface area contributed by atoms with Crippen molar-refractivity contribution in [2.75, 3.05) is 0 Å². The first-order valence-electron chi connectivity index (χ1n) is 7.42. The zero-order valence-corrected chi connectivity index (χ0v) is 13.9. The second-order valence-corrected chi connectivity index (χ2v) is 6.73. The van der Waals surface area contributed by atoms with Crippen LogP contribution in [0.2, 0.25) is 0 Å². The van der Waals surface area contributed by atoms with Gasteiger partial charge in [-0.3, -0.25) is 4.68 Å². The number of nitrogens with one attached hydrogen (secondary N) is 1. The summed E-state index contributed by atoms with van der Waals surface area (Å²) in [5, 5.41) is 12.3. The lowest BCUT2D eigenvalue weighted by atomic mass is 10.1. The summed E-state index contributed by atoms with van der Waals surface area (Å²) in [5.41, 5.74) is 2.50. The van der Waals surface area contributed by atoms with Gasteiger partial charge in [0.2, 0.25) is 0 Å². The molecule has 2 rings (SSSR count). The van der Waals surface area contributed by atoms with Gasteiger partial charge >= 0.3 is 0 Å². The largest absolute Gasteiger partial charge is 0.308 e. The van der Waals surface area contributed by atoms with Crippen molar-refractivity contribution in [1.82, 2.24) is 29.9 Å². The molecule has 21 heavy (non-hydrogen) atoms. The van der Waals surface area contributed by atoms with Gasteiger partial charge in [0.05, 0.1) is 6.20 Å². The molecule has 2 aromatic rings. The molecule has 0 radical (unpaired) electrons. The van der Waals surface area contributed by atoms with E-state index < -0.39 is 0 Å². The molecule has 0 fully saturated rings. The third kappa shape index (κ3) is 3.91. The van der Waals surface area contributed by atoms with Gasteiger partial charge in [-0.15, -0.1) is 0 Å². The second-order valence-electron chi connectivity index (χ2n) is 6.73. The first kappa shape index (κ1) is 15.7. The number of nitrogens with zero attached hydrogens (tertiary/aromatic N) is 5. The Morgan fingerprint density at radius 2 is 1.95 bits per heavy atom. The van der Waals surface area contributed by atoms with Crippen LogP contribution in [0.15, 0.2) is 12.5 Å². The highest BCUT2D eigenvalue weighted by molar-refractivity contribution is 5.16. The lowest BCUT2D eigenvalue weighted by molar-refractivity contribution is 0.423. The van der Waals surface area contributed by atoms with Crippen LogP contribution in [0.4, 0.5) is 0 Å². The van der Waals surface area contributed by atoms with Crippen LogP contribution < -0.4 is 5.32 Å². The fourth-order valence-corrected chi connectivity index (χ4v) is 2.13. The van der Waals surface area contributed by atoms with Gasteiger partial charge in [-0.2, -0.15) is 10.2 Å². The van der Waals surface area contributed by atoms with Crippen molar-refractivity contribution in [3.8, 4) is 0 Å². The summed E-state index contributed by atoms with van der Waals surface area (Å²) in [6.45, 7) is 14.3. The van der Waals surface area contributed by atoms with Crippen molar-refractivity contribution in [3.63, 3.8) is 0 Å². The quantitative estimate of drug-likeness (QED) is 0.918. The third-order valence-electron chi connectivity index (χ3n) is 3.44. The van der Waals surface area contributed by atoms with Crippen LogP contribution in [0.1, 0.15) is 57.7 Å². The lowest BCUT2D eigenvalue weighted by Crippen LogP contribution is -2.35. The Bertz CT molecular complexity index is 588. The molecule has 0 saturated heterocycles. The molecule has 0 unspecified atom stereocenters. The van der Waals surface area contributed by atoms with Gasteiger partial charge in [-0.1, -0.05) is 0 Å². The second kappa shape index (κ2) is 5.97. The van der Waals surface area contributed by atoms with Crippen molar-refractivity contribution < 1.29 is 0 Å². The molecule has 1 N–H and O–H groups in total. The molecule has 0 spiro atoms. The molecule has 0 aliphatic heterocycles. The van der Waals surface area contributed by atoms with Gasteiger partial charge in [0.1, 0.15) is 18.7 Å². The fourth-order valence-electron chi connectivity index (χ4n) is 2.13. The van der Waals surface area contributed by atoms with E-state index in [-0.39, 0.29) is 5.54 Å². The summed E-state index contributed by atoms with van der Waals surface area (Å²) in [7, 11) is 0. The smallest absolute Gasteiger partial charge is 0.148 e. The van der Waals surface area contributed by atoms with Crippen molar-refractivity contribution in [3.05, 3.63) is 29.6 Å². The normalized spacial score (nSPS) is 12.3. The molecule has 116 valence electrons. The first-order valence-corrected chi connectivity index (χ1v) is 7.42. The molecule has 6 nitrogen and oxygen atoms in total. The average molecular weight is 290 g/mol. The van der Waals surface area contributed by atoms with Gasteiger partial charge in [0.15, 0.2) is 0 Å². The van der Waals surface area contributed by atoms with Crippen LogP contribution >= 0.6 is 0 Å². The average Bonchev–Trinajstić information content (AvgIpc) is 2.95. The zero-order valence-electron chi connectivity index (χ0n) is 13.9. The molecule has 0 aromatic carbocycles. The zero-order chi connectivity index (χ0) is 15.6. The van der Waals surface area contributed by atoms with Gasteiger partial charge in [0.25, 0.3) is 0 Å². The maximum Gasteiger partial charge on any atom is 0.148 e. The predicted molar refractivity (Wildman–Crippen MR) is 83.1 cm³/mol. The highest BCUT2D eigenvalue weighted by Crippen LogP contribution is 2.12. The van der Waals surface area contributed by atoms with E-state index >= 15 is 0 Å². The van der Waals surface area contributed by atoms with Crippen molar-refractivity contribution in [1.29, 1.82) is 0 Å². The Kier molecular flexibility index (Phi) is 4.46. The van der Waals surface area contributed by atoms with Crippen LogP contribution in [-0.4, -0.2) is 30.1 Å². The van der Waals surface area contributed by atoms with Crippen LogP contribution in [-0.2, 0) is 13.1 Å². The molecule has 0 aliphatic carbocycles. The molecule has 0 saturated carbocycles. The van der Waals surface area contributed by atoms with E-state index in [1.807, 2.05) is 15.6 Å². The Morgan fingerprint density at radius 3 is 2.57 bits per heavy atom. The summed E-state index contributed by atoms with van der Waals surface area (Å²) in [5.74, 6) is 0.937. The molecule has 0 atom stereocenters. The van der Waals surface area contributed by atoms with E-state index in [4.69, 9.17) is 0 Å². The summed E-state index contributed by atoms with van der Waals surface area (Å²) >= 11 is 0. The van der Waals surface area contributed by atoms with Crippen LogP contribution in [0, 0.1) is 6.92 Å². The number of rotatable bonds is 5. The van der Waals surface area contributed by atoms with E-state index in [0.29, 0.717) is 12.6 Å². The minimum absolute atomic E-state index is 0.104. The van der Waals surface area contributed by atoms with Gasteiger partial charge in [-0.25, -0.2) is 9.67 Å². The third-order valence-corrected chi connectivity index (χ3v) is 3.44. The van der Waals surface area contributed by atoms with Crippen LogP contribution in [0.3, 0.4) is 0 Å². The van der Waals surface area contributed by atoms with Crippen molar-refractivity contribution >= 4 is 0 Å². The molecule has 2 aromatic heterocycles. The molecular formula is C15H26N6. The Balaban J connectivity index is 2.11. The van der Waals surface area contributed by atoms with Crippen molar-refractivity contribution in [2.45, 2.75) is 66.2 Å². The number of aromatic nitrogens is 5. The summed E-state index contributed by atoms with van der Waals surface area (Å²) < 4.78 is 3.93. The monoisotopic (exact) mass is 290 g/mol. The number of hydrogen-bond acceptors (Lipinski definition) is 4. The molecule has 0 aliphatic rings. The Labute approximate surface area is 126 Å². The van der Waals surface area contributed by atoms with Gasteiger partial charge < -0.3 is 5.32 Å². The molecule has 0 bridgehead atoms. The standard InChI is InChI=1S/C15H26N6/c1-11(2)21-14(16-10-19-21)9-20-12(3)13(8-18-20)7-17-15(4,5)6/h8,10-11,17H,7,9H2,1-6H3. The van der Waals surface area contributed by atoms with Crippen molar-refractivity contribution in [2.24, 2.45) is 0 Å². The molecule has 2 heterocycles. The summed E-state index contributed by atoms with van der Waals surface area (Å²) in [4.78, 5) is 4.34.